The summed E-state index contributed by atoms with van der Waals surface area (Å²) in [5.74, 6) is -0.436. The highest BCUT2D eigenvalue weighted by Gasteiger charge is 2.26. The van der Waals surface area contributed by atoms with Crippen molar-refractivity contribution in [3.05, 3.63) is 69.2 Å². The number of pyridine rings is 2. The van der Waals surface area contributed by atoms with Crippen molar-refractivity contribution in [3.63, 3.8) is 0 Å². The Hall–Kier alpha value is -3.19. The number of carbonyl (C=O) groups is 1. The van der Waals surface area contributed by atoms with Crippen LogP contribution in [-0.2, 0) is 11.3 Å². The second-order valence-corrected chi connectivity index (χ2v) is 12.0. The zero-order valence-electron chi connectivity index (χ0n) is 22.2. The fourth-order valence-corrected chi connectivity index (χ4v) is 4.66. The molecule has 1 aliphatic heterocycles. The van der Waals surface area contributed by atoms with E-state index in [1.807, 2.05) is 47.6 Å². The number of ether oxygens (including phenoxy) is 1. The largest absolute Gasteiger partial charge is 0.444 e. The van der Waals surface area contributed by atoms with Gasteiger partial charge in [0.05, 0.1) is 10.7 Å². The highest BCUT2D eigenvalue weighted by atomic mass is 35.5. The molecule has 3 heterocycles. The molecular formula is C29H33ClFN3O3. The maximum atomic E-state index is 14.7. The van der Waals surface area contributed by atoms with Crippen LogP contribution in [0.5, 0.6) is 0 Å². The monoisotopic (exact) mass is 525 g/mol. The summed E-state index contributed by atoms with van der Waals surface area (Å²) >= 11 is 6.67. The highest BCUT2D eigenvalue weighted by Crippen LogP contribution is 2.35. The van der Waals surface area contributed by atoms with Crippen LogP contribution in [-0.4, -0.2) is 39.2 Å². The molecule has 0 saturated carbocycles. The maximum Gasteiger partial charge on any atom is 0.410 e. The van der Waals surface area contributed by atoms with Crippen LogP contribution in [0.15, 0.2) is 47.3 Å². The first-order chi connectivity index (χ1) is 17.2. The van der Waals surface area contributed by atoms with Gasteiger partial charge in [-0.1, -0.05) is 50.6 Å². The van der Waals surface area contributed by atoms with Crippen LogP contribution in [0.25, 0.3) is 27.9 Å². The van der Waals surface area contributed by atoms with Crippen LogP contribution < -0.4 is 5.56 Å². The molecule has 3 aromatic rings. The van der Waals surface area contributed by atoms with Crippen molar-refractivity contribution < 1.29 is 13.9 Å². The Morgan fingerprint density at radius 2 is 1.81 bits per heavy atom. The van der Waals surface area contributed by atoms with Gasteiger partial charge < -0.3 is 9.64 Å². The Morgan fingerprint density at radius 1 is 1.11 bits per heavy atom. The van der Waals surface area contributed by atoms with Gasteiger partial charge in [0, 0.05) is 36.7 Å². The van der Waals surface area contributed by atoms with E-state index in [1.165, 1.54) is 6.07 Å². The van der Waals surface area contributed by atoms with Gasteiger partial charge in [0.25, 0.3) is 5.56 Å². The number of aromatic nitrogens is 2. The molecule has 0 aliphatic carbocycles. The Bertz CT molecular complexity index is 1450. The van der Waals surface area contributed by atoms with E-state index in [-0.39, 0.29) is 22.6 Å². The Labute approximate surface area is 221 Å². The molecule has 0 radical (unpaired) electrons. The first-order valence-electron chi connectivity index (χ1n) is 12.4. The molecule has 0 unspecified atom stereocenters. The number of hydrogen-bond acceptors (Lipinski definition) is 4. The van der Waals surface area contributed by atoms with Crippen molar-refractivity contribution in [1.29, 1.82) is 0 Å². The van der Waals surface area contributed by atoms with Crippen molar-refractivity contribution >= 4 is 34.3 Å². The lowest BCUT2D eigenvalue weighted by Gasteiger charge is -2.30. The van der Waals surface area contributed by atoms with Gasteiger partial charge in [-0.15, -0.1) is 0 Å². The lowest BCUT2D eigenvalue weighted by atomic mass is 9.94. The first-order valence-corrected chi connectivity index (χ1v) is 12.8. The van der Waals surface area contributed by atoms with E-state index in [0.717, 1.165) is 11.1 Å². The van der Waals surface area contributed by atoms with Crippen LogP contribution >= 0.6 is 11.6 Å². The third-order valence-corrected chi connectivity index (χ3v) is 6.29. The topological polar surface area (TPSA) is 64.4 Å². The predicted molar refractivity (Wildman–Crippen MR) is 146 cm³/mol. The van der Waals surface area contributed by atoms with Gasteiger partial charge in [-0.3, -0.25) is 9.36 Å². The van der Waals surface area contributed by atoms with E-state index in [4.69, 9.17) is 21.3 Å². The van der Waals surface area contributed by atoms with Crippen LogP contribution in [0.2, 0.25) is 5.02 Å². The summed E-state index contributed by atoms with van der Waals surface area (Å²) in [6.45, 7) is 12.9. The molecule has 0 fully saturated rings. The van der Waals surface area contributed by atoms with Crippen molar-refractivity contribution in [3.8, 4) is 11.3 Å². The quantitative estimate of drug-likeness (QED) is 0.372. The minimum atomic E-state index is -0.576. The molecule has 1 amide bonds. The first kappa shape index (κ1) is 26.9. The van der Waals surface area contributed by atoms with E-state index in [1.54, 1.807) is 39.8 Å². The fourth-order valence-electron chi connectivity index (χ4n) is 4.41. The Balaban J connectivity index is 1.84. The zero-order chi connectivity index (χ0) is 27.1. The van der Waals surface area contributed by atoms with Gasteiger partial charge in [0.15, 0.2) is 0 Å². The third-order valence-electron chi connectivity index (χ3n) is 6.00. The molecule has 37 heavy (non-hydrogen) atoms. The van der Waals surface area contributed by atoms with Gasteiger partial charge in [-0.25, -0.2) is 14.2 Å². The summed E-state index contributed by atoms with van der Waals surface area (Å²) in [6.07, 6.45) is 2.12. The Morgan fingerprint density at radius 3 is 2.41 bits per heavy atom. The zero-order valence-corrected chi connectivity index (χ0v) is 22.9. The Kier molecular flexibility index (Phi) is 7.21. The lowest BCUT2D eigenvalue weighted by Crippen LogP contribution is -2.39. The predicted octanol–water partition coefficient (Wildman–Crippen LogP) is 6.93. The van der Waals surface area contributed by atoms with Crippen molar-refractivity contribution in [1.82, 2.24) is 14.5 Å². The van der Waals surface area contributed by atoms with Crippen molar-refractivity contribution in [2.45, 2.75) is 60.1 Å². The van der Waals surface area contributed by atoms with Crippen LogP contribution in [0.3, 0.4) is 0 Å². The molecular weight excluding hydrogens is 493 g/mol. The minimum Gasteiger partial charge on any atom is -0.444 e. The number of carbonyl (C=O) groups excluding carboxylic acids is 1. The van der Waals surface area contributed by atoms with Crippen molar-refractivity contribution in [2.75, 3.05) is 13.1 Å². The molecule has 0 saturated heterocycles. The van der Waals surface area contributed by atoms with Crippen LogP contribution in [0, 0.1) is 11.2 Å². The van der Waals surface area contributed by atoms with E-state index in [2.05, 4.69) is 0 Å². The number of rotatable bonds is 3. The summed E-state index contributed by atoms with van der Waals surface area (Å²) in [5, 5.41) is 1.01. The highest BCUT2D eigenvalue weighted by molar-refractivity contribution is 6.33. The van der Waals surface area contributed by atoms with E-state index in [0.29, 0.717) is 47.8 Å². The minimum absolute atomic E-state index is 0.192. The SMILES string of the molecule is CC(C)(C)Cn1c(=O)cc(C2=CCN(C(=O)OC(C)(C)C)CC2)c2cc(Cl)c(-c3ccccc3F)nc21. The summed E-state index contributed by atoms with van der Waals surface area (Å²) in [4.78, 5) is 32.3. The van der Waals surface area contributed by atoms with E-state index < -0.39 is 11.4 Å². The summed E-state index contributed by atoms with van der Waals surface area (Å²) < 4.78 is 21.8. The maximum absolute atomic E-state index is 14.7. The number of amides is 1. The molecule has 0 atom stereocenters. The smallest absolute Gasteiger partial charge is 0.410 e. The molecule has 196 valence electrons. The number of nitrogens with zero attached hydrogens (tertiary/aromatic N) is 3. The lowest BCUT2D eigenvalue weighted by molar-refractivity contribution is 0.0270. The average Bonchev–Trinajstić information content (AvgIpc) is 2.79. The van der Waals surface area contributed by atoms with E-state index >= 15 is 0 Å². The molecule has 1 aromatic carbocycles. The molecule has 0 spiro atoms. The molecule has 4 rings (SSSR count). The number of fused-ring (bicyclic) bond motifs is 1. The number of hydrogen-bond donors (Lipinski definition) is 0. The van der Waals surface area contributed by atoms with Crippen LogP contribution in [0.1, 0.15) is 53.5 Å². The van der Waals surface area contributed by atoms with Gasteiger partial charge in [-0.05, 0) is 61.9 Å². The normalized spacial score (nSPS) is 14.6. The molecule has 1 aliphatic rings. The van der Waals surface area contributed by atoms with Gasteiger partial charge in [0.1, 0.15) is 17.1 Å². The molecule has 0 N–H and O–H groups in total. The molecule has 2 aromatic heterocycles. The molecule has 8 heteroatoms. The second kappa shape index (κ2) is 9.93. The summed E-state index contributed by atoms with van der Waals surface area (Å²) in [7, 11) is 0. The second-order valence-electron chi connectivity index (χ2n) is 11.6. The molecule has 6 nitrogen and oxygen atoms in total. The summed E-state index contributed by atoms with van der Waals surface area (Å²) in [6, 6.07) is 9.70. The average molecular weight is 526 g/mol. The van der Waals surface area contributed by atoms with Crippen molar-refractivity contribution in [2.24, 2.45) is 5.41 Å². The van der Waals surface area contributed by atoms with E-state index in [9.17, 15) is 14.0 Å². The van der Waals surface area contributed by atoms with Gasteiger partial charge >= 0.3 is 6.09 Å². The fraction of sp³-hybridized carbons (Fsp3) is 0.414. The summed E-state index contributed by atoms with van der Waals surface area (Å²) in [5.41, 5.74) is 1.71. The molecule has 0 bridgehead atoms. The van der Waals surface area contributed by atoms with Gasteiger partial charge in [0.2, 0.25) is 0 Å². The van der Waals surface area contributed by atoms with Gasteiger partial charge in [-0.2, -0.15) is 0 Å². The van der Waals surface area contributed by atoms with Crippen LogP contribution in [0.4, 0.5) is 9.18 Å². The number of benzene rings is 1. The number of halogens is 2. The standard InChI is InChI=1S/C29H33ClFN3O3/c1-28(2,3)17-34-24(35)16-20(18-11-13-33(14-12-18)27(36)37-29(4,5)6)21-15-22(30)25(32-26(21)34)19-9-7-8-10-23(19)31/h7-11,15-16H,12-14,17H2,1-6H3. The third kappa shape index (κ3) is 6.04.